The van der Waals surface area contributed by atoms with E-state index in [-0.39, 0.29) is 0 Å². The Kier molecular flexibility index (Phi) is 5.42. The van der Waals surface area contributed by atoms with Crippen LogP contribution in [0.25, 0.3) is 0 Å². The summed E-state index contributed by atoms with van der Waals surface area (Å²) < 4.78 is 0. The lowest BCUT2D eigenvalue weighted by Crippen LogP contribution is -2.44. The number of likely N-dealkylation sites (N-methyl/N-ethyl adjacent to an activating group) is 1. The van der Waals surface area contributed by atoms with E-state index in [1.807, 2.05) is 37.3 Å². The molecule has 0 fully saturated rings. The number of aliphatic hydroxyl groups is 3. The summed E-state index contributed by atoms with van der Waals surface area (Å²) >= 11 is 0. The Labute approximate surface area is 95.8 Å². The zero-order valence-corrected chi connectivity index (χ0v) is 9.45. The Morgan fingerprint density at radius 1 is 1.19 bits per heavy atom. The highest BCUT2D eigenvalue weighted by molar-refractivity contribution is 5.14. The third-order valence-electron chi connectivity index (χ3n) is 2.54. The lowest BCUT2D eigenvalue weighted by molar-refractivity contribution is -0.101. The molecule has 16 heavy (non-hydrogen) atoms. The van der Waals surface area contributed by atoms with Crippen LogP contribution in [-0.2, 0) is 6.54 Å². The first-order valence-electron chi connectivity index (χ1n) is 5.44. The molecule has 4 nitrogen and oxygen atoms in total. The molecule has 3 N–H and O–H groups in total. The fraction of sp³-hybridized carbons (Fsp3) is 0.500. The molecular formula is C12H19NO3. The van der Waals surface area contributed by atoms with Crippen molar-refractivity contribution in [3.63, 3.8) is 0 Å². The average molecular weight is 225 g/mol. The molecule has 0 bridgehead atoms. The molecule has 2 atom stereocenters. The van der Waals surface area contributed by atoms with Crippen molar-refractivity contribution in [3.05, 3.63) is 35.9 Å². The molecular weight excluding hydrogens is 206 g/mol. The molecule has 0 aliphatic heterocycles. The van der Waals surface area contributed by atoms with Crippen molar-refractivity contribution in [2.24, 2.45) is 0 Å². The zero-order chi connectivity index (χ0) is 12.0. The highest BCUT2D eigenvalue weighted by Gasteiger charge is 2.21. The van der Waals surface area contributed by atoms with Gasteiger partial charge in [0.05, 0.1) is 6.61 Å². The first kappa shape index (κ1) is 13.1. The molecule has 0 saturated heterocycles. The summed E-state index contributed by atoms with van der Waals surface area (Å²) in [6.45, 7) is 2.62. The second-order valence-electron chi connectivity index (χ2n) is 3.71. The van der Waals surface area contributed by atoms with Crippen molar-refractivity contribution in [1.82, 2.24) is 4.90 Å². The molecule has 0 radical (unpaired) electrons. The van der Waals surface area contributed by atoms with Crippen molar-refractivity contribution in [2.45, 2.75) is 25.8 Å². The minimum Gasteiger partial charge on any atom is -0.394 e. The summed E-state index contributed by atoms with van der Waals surface area (Å²) in [5.74, 6) is 0. The van der Waals surface area contributed by atoms with Gasteiger partial charge in [0.2, 0.25) is 0 Å². The van der Waals surface area contributed by atoms with Crippen LogP contribution in [0.15, 0.2) is 30.3 Å². The van der Waals surface area contributed by atoms with Crippen molar-refractivity contribution in [3.8, 4) is 0 Å². The van der Waals surface area contributed by atoms with E-state index in [2.05, 4.69) is 0 Å². The molecule has 1 rings (SSSR count). The van der Waals surface area contributed by atoms with Crippen molar-refractivity contribution < 1.29 is 15.3 Å². The van der Waals surface area contributed by atoms with Crippen LogP contribution >= 0.6 is 0 Å². The SMILES string of the molecule is CCN(Cc1ccccc1)C(O)C(O)CO. The van der Waals surface area contributed by atoms with E-state index in [1.54, 1.807) is 4.90 Å². The third kappa shape index (κ3) is 3.57. The van der Waals surface area contributed by atoms with Gasteiger partial charge in [0.25, 0.3) is 0 Å². The summed E-state index contributed by atoms with van der Waals surface area (Å²) in [6.07, 6.45) is -2.15. The Hall–Kier alpha value is -0.940. The van der Waals surface area contributed by atoms with Gasteiger partial charge in [0, 0.05) is 6.54 Å². The number of hydrogen-bond acceptors (Lipinski definition) is 4. The molecule has 2 unspecified atom stereocenters. The minimum atomic E-state index is -1.12. The molecule has 1 aromatic carbocycles. The Morgan fingerprint density at radius 2 is 1.81 bits per heavy atom. The lowest BCUT2D eigenvalue weighted by atomic mass is 10.2. The van der Waals surface area contributed by atoms with Crippen molar-refractivity contribution in [2.75, 3.05) is 13.2 Å². The van der Waals surface area contributed by atoms with Gasteiger partial charge in [-0.1, -0.05) is 37.3 Å². The van der Waals surface area contributed by atoms with Crippen LogP contribution in [0.3, 0.4) is 0 Å². The predicted octanol–water partition coefficient (Wildman–Crippen LogP) is 0.180. The van der Waals surface area contributed by atoms with Crippen LogP contribution in [-0.4, -0.2) is 45.7 Å². The zero-order valence-electron chi connectivity index (χ0n) is 9.45. The molecule has 90 valence electrons. The topological polar surface area (TPSA) is 63.9 Å². The first-order chi connectivity index (χ1) is 7.69. The Morgan fingerprint density at radius 3 is 2.31 bits per heavy atom. The van der Waals surface area contributed by atoms with Gasteiger partial charge in [-0.2, -0.15) is 0 Å². The highest BCUT2D eigenvalue weighted by atomic mass is 16.4. The molecule has 0 aromatic heterocycles. The first-order valence-corrected chi connectivity index (χ1v) is 5.44. The molecule has 4 heteroatoms. The molecule has 0 spiro atoms. The van der Waals surface area contributed by atoms with E-state index in [4.69, 9.17) is 5.11 Å². The van der Waals surface area contributed by atoms with Gasteiger partial charge in [-0.05, 0) is 12.1 Å². The summed E-state index contributed by atoms with van der Waals surface area (Å²) in [4.78, 5) is 1.70. The van der Waals surface area contributed by atoms with Crippen LogP contribution in [0.1, 0.15) is 12.5 Å². The van der Waals surface area contributed by atoms with Gasteiger partial charge < -0.3 is 15.3 Å². The van der Waals surface area contributed by atoms with Crippen molar-refractivity contribution >= 4 is 0 Å². The molecule has 0 amide bonds. The predicted molar refractivity (Wildman–Crippen MR) is 61.6 cm³/mol. The number of aliphatic hydroxyl groups excluding tert-OH is 3. The molecule has 0 saturated carbocycles. The normalized spacial score (nSPS) is 15.1. The quantitative estimate of drug-likeness (QED) is 0.604. The summed E-state index contributed by atoms with van der Waals surface area (Å²) in [6, 6.07) is 9.70. The second kappa shape index (κ2) is 6.60. The largest absolute Gasteiger partial charge is 0.394 e. The van der Waals surface area contributed by atoms with Gasteiger partial charge in [0.15, 0.2) is 0 Å². The minimum absolute atomic E-state index is 0.438. The van der Waals surface area contributed by atoms with E-state index in [1.165, 1.54) is 0 Å². The highest BCUT2D eigenvalue weighted by Crippen LogP contribution is 2.08. The summed E-state index contributed by atoms with van der Waals surface area (Å²) in [5, 5.41) is 27.9. The fourth-order valence-electron chi connectivity index (χ4n) is 1.55. The van der Waals surface area contributed by atoms with Gasteiger partial charge in [-0.15, -0.1) is 0 Å². The standard InChI is InChI=1S/C12H19NO3/c1-2-13(12(16)11(15)9-14)8-10-6-4-3-5-7-10/h3-7,11-12,14-16H,2,8-9H2,1H3. The maximum absolute atomic E-state index is 9.75. The number of hydrogen-bond donors (Lipinski definition) is 3. The van der Waals surface area contributed by atoms with Gasteiger partial charge in [-0.25, -0.2) is 0 Å². The second-order valence-corrected chi connectivity index (χ2v) is 3.71. The average Bonchev–Trinajstić information content (AvgIpc) is 2.35. The number of nitrogens with zero attached hydrogens (tertiary/aromatic N) is 1. The number of rotatable bonds is 6. The third-order valence-corrected chi connectivity index (χ3v) is 2.54. The Balaban J connectivity index is 2.62. The maximum atomic E-state index is 9.75. The fourth-order valence-corrected chi connectivity index (χ4v) is 1.55. The Bertz CT molecular complexity index is 292. The van der Waals surface area contributed by atoms with Crippen LogP contribution in [0.5, 0.6) is 0 Å². The van der Waals surface area contributed by atoms with Crippen LogP contribution in [0.4, 0.5) is 0 Å². The molecule has 0 heterocycles. The smallest absolute Gasteiger partial charge is 0.136 e. The van der Waals surface area contributed by atoms with E-state index < -0.39 is 18.9 Å². The summed E-state index contributed by atoms with van der Waals surface area (Å²) in [7, 11) is 0. The van der Waals surface area contributed by atoms with E-state index in [0.717, 1.165) is 5.56 Å². The van der Waals surface area contributed by atoms with Crippen LogP contribution < -0.4 is 0 Å². The van der Waals surface area contributed by atoms with Crippen LogP contribution in [0.2, 0.25) is 0 Å². The lowest BCUT2D eigenvalue weighted by Gasteiger charge is -2.29. The van der Waals surface area contributed by atoms with Gasteiger partial charge >= 0.3 is 0 Å². The van der Waals surface area contributed by atoms with E-state index in [9.17, 15) is 10.2 Å². The number of benzene rings is 1. The van der Waals surface area contributed by atoms with Crippen LogP contribution in [0, 0.1) is 0 Å². The molecule has 1 aromatic rings. The monoisotopic (exact) mass is 225 g/mol. The van der Waals surface area contributed by atoms with E-state index in [0.29, 0.717) is 13.1 Å². The maximum Gasteiger partial charge on any atom is 0.136 e. The summed E-state index contributed by atoms with van der Waals surface area (Å²) in [5.41, 5.74) is 1.06. The van der Waals surface area contributed by atoms with Gasteiger partial charge in [-0.3, -0.25) is 4.90 Å². The van der Waals surface area contributed by atoms with E-state index >= 15 is 0 Å². The van der Waals surface area contributed by atoms with Crippen molar-refractivity contribution in [1.29, 1.82) is 0 Å². The molecule has 0 aliphatic rings. The van der Waals surface area contributed by atoms with Gasteiger partial charge in [0.1, 0.15) is 12.3 Å². The molecule has 0 aliphatic carbocycles.